The van der Waals surface area contributed by atoms with Gasteiger partial charge in [-0.3, -0.25) is 9.59 Å². The van der Waals surface area contributed by atoms with E-state index < -0.39 is 15.9 Å². The van der Waals surface area contributed by atoms with Gasteiger partial charge in [-0.1, -0.05) is 12.1 Å². The predicted molar refractivity (Wildman–Crippen MR) is 141 cm³/mol. The van der Waals surface area contributed by atoms with Gasteiger partial charge in [0.25, 0.3) is 11.8 Å². The molecular weight excluding hydrogens is 494 g/mol. The van der Waals surface area contributed by atoms with E-state index in [0.717, 1.165) is 15.6 Å². The van der Waals surface area contributed by atoms with E-state index >= 15 is 0 Å². The van der Waals surface area contributed by atoms with Gasteiger partial charge in [0.2, 0.25) is 10.0 Å². The Hall–Kier alpha value is -3.89. The third-order valence-electron chi connectivity index (χ3n) is 5.84. The highest BCUT2D eigenvalue weighted by Crippen LogP contribution is 2.35. The number of fused-ring (bicyclic) bond motifs is 1. The maximum atomic E-state index is 12.8. The van der Waals surface area contributed by atoms with Crippen molar-refractivity contribution in [3.63, 3.8) is 0 Å². The van der Waals surface area contributed by atoms with E-state index in [1.165, 1.54) is 38.4 Å². The van der Waals surface area contributed by atoms with E-state index in [4.69, 9.17) is 9.47 Å². The van der Waals surface area contributed by atoms with Gasteiger partial charge in [0.1, 0.15) is 11.5 Å². The summed E-state index contributed by atoms with van der Waals surface area (Å²) in [7, 11) is -0.695. The van der Waals surface area contributed by atoms with Crippen LogP contribution in [0.25, 0.3) is 0 Å². The molecule has 0 saturated carbocycles. The average molecular weight is 524 g/mol. The molecule has 0 bridgehead atoms. The number of aryl methyl sites for hydroxylation is 1. The summed E-state index contributed by atoms with van der Waals surface area (Å²) in [5.74, 6) is 0.751. The van der Waals surface area contributed by atoms with Crippen molar-refractivity contribution in [1.82, 2.24) is 4.31 Å². The molecule has 0 aliphatic carbocycles. The van der Waals surface area contributed by atoms with Crippen LogP contribution in [-0.4, -0.2) is 58.4 Å². The number of hydrogen-bond acceptors (Lipinski definition) is 6. The van der Waals surface area contributed by atoms with Gasteiger partial charge < -0.3 is 19.7 Å². The minimum atomic E-state index is -3.59. The van der Waals surface area contributed by atoms with Crippen LogP contribution < -0.4 is 19.7 Å². The van der Waals surface area contributed by atoms with Gasteiger partial charge in [0.15, 0.2) is 6.61 Å². The highest BCUT2D eigenvalue weighted by atomic mass is 32.2. The molecule has 3 aromatic carbocycles. The van der Waals surface area contributed by atoms with Crippen molar-refractivity contribution in [2.75, 3.05) is 44.1 Å². The molecule has 0 aromatic heterocycles. The summed E-state index contributed by atoms with van der Waals surface area (Å²) >= 11 is 0. The highest BCUT2D eigenvalue weighted by molar-refractivity contribution is 7.89. The second-order valence-electron chi connectivity index (χ2n) is 8.80. The van der Waals surface area contributed by atoms with Crippen LogP contribution in [0.4, 0.5) is 11.4 Å². The van der Waals surface area contributed by atoms with Crippen molar-refractivity contribution in [1.29, 1.82) is 0 Å². The summed E-state index contributed by atoms with van der Waals surface area (Å²) in [4.78, 5) is 27.1. The van der Waals surface area contributed by atoms with Crippen molar-refractivity contribution >= 4 is 33.2 Å². The van der Waals surface area contributed by atoms with E-state index in [9.17, 15) is 18.0 Å². The Bertz CT molecular complexity index is 1400. The van der Waals surface area contributed by atoms with E-state index in [1.54, 1.807) is 23.1 Å². The molecule has 0 unspecified atom stereocenters. The summed E-state index contributed by atoms with van der Waals surface area (Å²) in [6.07, 6.45) is 0.609. The standard InChI is InChI=1S/C27H29N3O6S/c1-19-6-4-7-22(16-19)35-15-5-14-30-24-17-21(10-13-25(24)36-18-26(30)31)28-27(32)20-8-11-23(12-9-20)37(33,34)29(2)3/h4,6-13,16-17H,5,14-15,18H2,1-3H3,(H,28,32). The van der Waals surface area contributed by atoms with Gasteiger partial charge >= 0.3 is 0 Å². The summed E-state index contributed by atoms with van der Waals surface area (Å²) in [5.41, 5.74) is 2.46. The number of carbonyl (C=O) groups is 2. The third kappa shape index (κ3) is 6.10. The zero-order valence-corrected chi connectivity index (χ0v) is 21.7. The first kappa shape index (κ1) is 26.2. The first-order valence-corrected chi connectivity index (χ1v) is 13.2. The normalized spacial score (nSPS) is 13.2. The summed E-state index contributed by atoms with van der Waals surface area (Å²) < 4.78 is 37.0. The molecule has 0 atom stereocenters. The van der Waals surface area contributed by atoms with Crippen LogP contribution in [0.3, 0.4) is 0 Å². The first-order valence-electron chi connectivity index (χ1n) is 11.8. The molecular formula is C27H29N3O6S. The van der Waals surface area contributed by atoms with E-state index in [1.807, 2.05) is 31.2 Å². The van der Waals surface area contributed by atoms with Crippen molar-refractivity contribution < 1.29 is 27.5 Å². The first-order chi connectivity index (χ1) is 17.6. The summed E-state index contributed by atoms with van der Waals surface area (Å²) in [6, 6.07) is 18.6. The molecule has 1 N–H and O–H groups in total. The topological polar surface area (TPSA) is 105 Å². The molecule has 4 rings (SSSR count). The molecule has 0 radical (unpaired) electrons. The number of ether oxygens (including phenoxy) is 2. The molecule has 0 spiro atoms. The Balaban J connectivity index is 1.42. The number of sulfonamides is 1. The number of benzene rings is 3. The smallest absolute Gasteiger partial charge is 0.265 e. The molecule has 1 aliphatic heterocycles. The molecule has 9 nitrogen and oxygen atoms in total. The van der Waals surface area contributed by atoms with Crippen LogP contribution in [-0.2, 0) is 14.8 Å². The minimum absolute atomic E-state index is 0.0559. The number of nitrogens with one attached hydrogen (secondary N) is 1. The van der Waals surface area contributed by atoms with Gasteiger partial charge in [0.05, 0.1) is 17.2 Å². The molecule has 10 heteroatoms. The van der Waals surface area contributed by atoms with Gasteiger partial charge in [-0.2, -0.15) is 0 Å². The predicted octanol–water partition coefficient (Wildman–Crippen LogP) is 3.69. The lowest BCUT2D eigenvalue weighted by molar-refractivity contribution is -0.121. The summed E-state index contributed by atoms with van der Waals surface area (Å²) in [5, 5.41) is 2.80. The Kier molecular flexibility index (Phi) is 7.80. The maximum Gasteiger partial charge on any atom is 0.265 e. The zero-order valence-electron chi connectivity index (χ0n) is 20.9. The number of hydrogen-bond donors (Lipinski definition) is 1. The fourth-order valence-electron chi connectivity index (χ4n) is 3.84. The van der Waals surface area contributed by atoms with Gasteiger partial charge in [-0.15, -0.1) is 0 Å². The molecule has 0 saturated heterocycles. The molecule has 2 amide bonds. The quantitative estimate of drug-likeness (QED) is 0.429. The molecule has 1 aliphatic rings. The molecule has 37 heavy (non-hydrogen) atoms. The van der Waals surface area contributed by atoms with E-state index in [2.05, 4.69) is 5.32 Å². The van der Waals surface area contributed by atoms with Crippen molar-refractivity contribution in [2.24, 2.45) is 0 Å². The fourth-order valence-corrected chi connectivity index (χ4v) is 4.74. The van der Waals surface area contributed by atoms with Gasteiger partial charge in [-0.25, -0.2) is 12.7 Å². The van der Waals surface area contributed by atoms with Crippen LogP contribution in [0.1, 0.15) is 22.3 Å². The van der Waals surface area contributed by atoms with E-state index in [-0.39, 0.29) is 17.4 Å². The number of amides is 2. The average Bonchev–Trinajstić information content (AvgIpc) is 2.87. The fraction of sp³-hybridized carbons (Fsp3) is 0.259. The van der Waals surface area contributed by atoms with Crippen molar-refractivity contribution in [2.45, 2.75) is 18.2 Å². The summed E-state index contributed by atoms with van der Waals surface area (Å²) in [6.45, 7) is 2.82. The number of nitrogens with zero attached hydrogens (tertiary/aromatic N) is 2. The number of rotatable bonds is 9. The van der Waals surface area contributed by atoms with Crippen molar-refractivity contribution in [3.8, 4) is 11.5 Å². The van der Waals surface area contributed by atoms with E-state index in [0.29, 0.717) is 42.3 Å². The Morgan fingerprint density at radius 3 is 2.54 bits per heavy atom. The van der Waals surface area contributed by atoms with Crippen LogP contribution in [0.2, 0.25) is 0 Å². The van der Waals surface area contributed by atoms with Crippen LogP contribution in [0.15, 0.2) is 71.6 Å². The number of anilines is 2. The lowest BCUT2D eigenvalue weighted by atomic mass is 10.1. The van der Waals surface area contributed by atoms with Crippen molar-refractivity contribution in [3.05, 3.63) is 77.9 Å². The monoisotopic (exact) mass is 523 g/mol. The van der Waals surface area contributed by atoms with Crippen LogP contribution in [0.5, 0.6) is 11.5 Å². The third-order valence-corrected chi connectivity index (χ3v) is 7.67. The Labute approximate surface area is 216 Å². The Morgan fingerprint density at radius 2 is 1.84 bits per heavy atom. The lowest BCUT2D eigenvalue weighted by Crippen LogP contribution is -2.39. The van der Waals surface area contributed by atoms with Crippen LogP contribution in [0, 0.1) is 6.92 Å². The zero-order chi connectivity index (χ0) is 26.6. The second kappa shape index (κ2) is 11.0. The SMILES string of the molecule is Cc1cccc(OCCCN2C(=O)COc3ccc(NC(=O)c4ccc(S(=O)(=O)N(C)C)cc4)cc32)c1. The minimum Gasteiger partial charge on any atom is -0.494 e. The maximum absolute atomic E-state index is 12.8. The lowest BCUT2D eigenvalue weighted by Gasteiger charge is -2.30. The van der Waals surface area contributed by atoms with Gasteiger partial charge in [0, 0.05) is 31.9 Å². The molecule has 194 valence electrons. The van der Waals surface area contributed by atoms with Crippen LogP contribution >= 0.6 is 0 Å². The second-order valence-corrected chi connectivity index (χ2v) is 11.0. The molecule has 0 fully saturated rings. The molecule has 1 heterocycles. The Morgan fingerprint density at radius 1 is 1.08 bits per heavy atom. The number of carbonyl (C=O) groups excluding carboxylic acids is 2. The van der Waals surface area contributed by atoms with Gasteiger partial charge in [-0.05, 0) is 73.5 Å². The highest BCUT2D eigenvalue weighted by Gasteiger charge is 2.26. The molecule has 3 aromatic rings. The largest absolute Gasteiger partial charge is 0.494 e.